The summed E-state index contributed by atoms with van der Waals surface area (Å²) >= 11 is 0. The number of carbonyl (C=O) groups excluding carboxylic acids is 2. The lowest BCUT2D eigenvalue weighted by Gasteiger charge is -2.33. The number of urea groups is 1. The monoisotopic (exact) mass is 390 g/mol. The van der Waals surface area contributed by atoms with Crippen LogP contribution in [0.5, 0.6) is 0 Å². The van der Waals surface area contributed by atoms with Crippen LogP contribution in [0, 0.1) is 10.1 Å². The molecule has 0 aromatic heterocycles. The molecule has 2 N–H and O–H groups in total. The molecule has 10 heteroatoms. The van der Waals surface area contributed by atoms with Crippen LogP contribution < -0.4 is 10.6 Å². The molecule has 2 amide bonds. The summed E-state index contributed by atoms with van der Waals surface area (Å²) in [6.07, 6.45) is 0. The van der Waals surface area contributed by atoms with Gasteiger partial charge in [0.25, 0.3) is 5.69 Å². The highest BCUT2D eigenvalue weighted by molar-refractivity contribution is 5.95. The van der Waals surface area contributed by atoms with Gasteiger partial charge < -0.3 is 20.1 Å². The van der Waals surface area contributed by atoms with E-state index in [0.29, 0.717) is 49.7 Å². The number of nitrogens with zero attached hydrogens (tertiary/aromatic N) is 2. The number of ether oxygens (including phenoxy) is 2. The van der Waals surface area contributed by atoms with Crippen molar-refractivity contribution >= 4 is 17.7 Å². The molecule has 0 aliphatic carbocycles. The third-order valence-corrected chi connectivity index (χ3v) is 4.57. The Labute approximate surface area is 161 Å². The van der Waals surface area contributed by atoms with Crippen LogP contribution in [0.4, 0.5) is 10.5 Å². The Balaban J connectivity index is 1.97. The van der Waals surface area contributed by atoms with E-state index in [1.807, 2.05) is 0 Å². The normalized spacial score (nSPS) is 20.3. The van der Waals surface area contributed by atoms with Crippen molar-refractivity contribution in [2.75, 3.05) is 39.5 Å². The van der Waals surface area contributed by atoms with Crippen LogP contribution in [0.1, 0.15) is 18.5 Å². The van der Waals surface area contributed by atoms with Crippen LogP contribution in [0.15, 0.2) is 35.5 Å². The summed E-state index contributed by atoms with van der Waals surface area (Å²) in [6.45, 7) is 4.80. The Morgan fingerprint density at radius 2 is 2.00 bits per heavy atom. The molecule has 0 spiro atoms. The van der Waals surface area contributed by atoms with E-state index in [9.17, 15) is 19.7 Å². The van der Waals surface area contributed by atoms with E-state index in [1.54, 1.807) is 6.92 Å². The standard InChI is InChI=1S/C18H22N4O6/c1-2-28-17(23)15-14(11-21-7-9-27-10-8-21)19-18(24)20-16(15)12-3-5-13(6-4-12)22(25)26/h3-6,16H,2,7-11H2,1H3,(H2,19,20,24)/t16-/m1/s1. The molecule has 1 aromatic rings. The quantitative estimate of drug-likeness (QED) is 0.423. The van der Waals surface area contributed by atoms with Gasteiger partial charge in [-0.1, -0.05) is 0 Å². The van der Waals surface area contributed by atoms with E-state index in [4.69, 9.17) is 9.47 Å². The van der Waals surface area contributed by atoms with Crippen molar-refractivity contribution in [3.8, 4) is 0 Å². The molecule has 10 nitrogen and oxygen atoms in total. The molecule has 0 bridgehead atoms. The molecule has 0 saturated carbocycles. The summed E-state index contributed by atoms with van der Waals surface area (Å²) < 4.78 is 10.5. The summed E-state index contributed by atoms with van der Waals surface area (Å²) in [5, 5.41) is 16.3. The van der Waals surface area contributed by atoms with Crippen molar-refractivity contribution in [2.24, 2.45) is 0 Å². The van der Waals surface area contributed by atoms with Gasteiger partial charge in [0.2, 0.25) is 0 Å². The van der Waals surface area contributed by atoms with E-state index in [2.05, 4.69) is 15.5 Å². The number of rotatable bonds is 6. The second-order valence-corrected chi connectivity index (χ2v) is 6.38. The fourth-order valence-corrected chi connectivity index (χ4v) is 3.21. The SMILES string of the molecule is CCOC(=O)C1=C(CN2CCOCC2)NC(=O)N[C@@H]1c1ccc([N+](=O)[O-])cc1. The lowest BCUT2D eigenvalue weighted by atomic mass is 9.94. The second kappa shape index (κ2) is 8.81. The number of nitrogens with one attached hydrogen (secondary N) is 2. The second-order valence-electron chi connectivity index (χ2n) is 6.38. The number of hydrogen-bond donors (Lipinski definition) is 2. The number of nitro groups is 1. The molecule has 28 heavy (non-hydrogen) atoms. The Bertz CT molecular complexity index is 786. The number of benzene rings is 1. The Hall–Kier alpha value is -2.98. The van der Waals surface area contributed by atoms with Crippen LogP contribution in [-0.4, -0.2) is 61.3 Å². The fraction of sp³-hybridized carbons (Fsp3) is 0.444. The minimum Gasteiger partial charge on any atom is -0.463 e. The largest absolute Gasteiger partial charge is 0.463 e. The predicted molar refractivity (Wildman–Crippen MR) is 98.4 cm³/mol. The molecule has 2 aliphatic heterocycles. The maximum absolute atomic E-state index is 12.7. The van der Waals surface area contributed by atoms with E-state index < -0.39 is 23.0 Å². The fourth-order valence-electron chi connectivity index (χ4n) is 3.21. The molecule has 1 fully saturated rings. The third kappa shape index (κ3) is 4.46. The van der Waals surface area contributed by atoms with Crippen LogP contribution in [0.25, 0.3) is 0 Å². The Kier molecular flexibility index (Phi) is 6.22. The molecule has 150 valence electrons. The first-order valence-corrected chi connectivity index (χ1v) is 9.01. The highest BCUT2D eigenvalue weighted by Crippen LogP contribution is 2.29. The van der Waals surface area contributed by atoms with Gasteiger partial charge in [0, 0.05) is 37.5 Å². The highest BCUT2D eigenvalue weighted by Gasteiger charge is 2.34. The molecule has 0 radical (unpaired) electrons. The lowest BCUT2D eigenvalue weighted by Crippen LogP contribution is -2.49. The van der Waals surface area contributed by atoms with E-state index >= 15 is 0 Å². The number of hydrogen-bond acceptors (Lipinski definition) is 7. The molecule has 2 aliphatic rings. The van der Waals surface area contributed by atoms with Crippen LogP contribution >= 0.6 is 0 Å². The number of carbonyl (C=O) groups is 2. The zero-order valence-electron chi connectivity index (χ0n) is 15.5. The molecule has 2 heterocycles. The predicted octanol–water partition coefficient (Wildman–Crippen LogP) is 1.10. The molecule has 3 rings (SSSR count). The van der Waals surface area contributed by atoms with Crippen molar-refractivity contribution in [3.63, 3.8) is 0 Å². The summed E-state index contributed by atoms with van der Waals surface area (Å²) in [6, 6.07) is 4.53. The molecule has 1 aromatic carbocycles. The zero-order chi connectivity index (χ0) is 20.1. The maximum Gasteiger partial charge on any atom is 0.338 e. The third-order valence-electron chi connectivity index (χ3n) is 4.57. The molecule has 1 saturated heterocycles. The van der Waals surface area contributed by atoms with Crippen molar-refractivity contribution in [1.82, 2.24) is 15.5 Å². The zero-order valence-corrected chi connectivity index (χ0v) is 15.5. The van der Waals surface area contributed by atoms with Gasteiger partial charge in [-0.2, -0.15) is 0 Å². The Morgan fingerprint density at radius 1 is 1.32 bits per heavy atom. The number of esters is 1. The van der Waals surface area contributed by atoms with Gasteiger partial charge in [-0.15, -0.1) is 0 Å². The minimum absolute atomic E-state index is 0.0702. The number of amides is 2. The topological polar surface area (TPSA) is 123 Å². The summed E-state index contributed by atoms with van der Waals surface area (Å²) in [5.41, 5.74) is 1.25. The first-order valence-electron chi connectivity index (χ1n) is 9.01. The molecule has 0 unspecified atom stereocenters. The van der Waals surface area contributed by atoms with Crippen molar-refractivity contribution in [1.29, 1.82) is 0 Å². The lowest BCUT2D eigenvalue weighted by molar-refractivity contribution is -0.384. The maximum atomic E-state index is 12.7. The van der Waals surface area contributed by atoms with Gasteiger partial charge in [0.1, 0.15) is 0 Å². The van der Waals surface area contributed by atoms with Crippen LogP contribution in [0.3, 0.4) is 0 Å². The summed E-state index contributed by atoms with van der Waals surface area (Å²) in [5.74, 6) is -0.540. The van der Waals surface area contributed by atoms with Gasteiger partial charge in [0.05, 0.1) is 36.4 Å². The van der Waals surface area contributed by atoms with Gasteiger partial charge in [0.15, 0.2) is 0 Å². The highest BCUT2D eigenvalue weighted by atomic mass is 16.6. The van der Waals surface area contributed by atoms with Gasteiger partial charge in [-0.25, -0.2) is 9.59 Å². The number of nitro benzene ring substituents is 1. The Morgan fingerprint density at radius 3 is 2.61 bits per heavy atom. The van der Waals surface area contributed by atoms with E-state index in [0.717, 1.165) is 0 Å². The van der Waals surface area contributed by atoms with Gasteiger partial charge in [-0.3, -0.25) is 15.0 Å². The smallest absolute Gasteiger partial charge is 0.338 e. The summed E-state index contributed by atoms with van der Waals surface area (Å²) in [7, 11) is 0. The van der Waals surface area contributed by atoms with Gasteiger partial charge in [-0.05, 0) is 24.6 Å². The molecular weight excluding hydrogens is 368 g/mol. The number of non-ortho nitro benzene ring substituents is 1. The van der Waals surface area contributed by atoms with Crippen LogP contribution in [-0.2, 0) is 14.3 Å². The van der Waals surface area contributed by atoms with Crippen molar-refractivity contribution in [3.05, 3.63) is 51.2 Å². The van der Waals surface area contributed by atoms with Crippen molar-refractivity contribution in [2.45, 2.75) is 13.0 Å². The first-order chi connectivity index (χ1) is 13.5. The first kappa shape index (κ1) is 19.8. The van der Waals surface area contributed by atoms with Crippen molar-refractivity contribution < 1.29 is 24.0 Å². The molecular formula is C18H22N4O6. The van der Waals surface area contributed by atoms with E-state index in [1.165, 1.54) is 24.3 Å². The van der Waals surface area contributed by atoms with Gasteiger partial charge >= 0.3 is 12.0 Å². The average molecular weight is 390 g/mol. The minimum atomic E-state index is -0.760. The average Bonchev–Trinajstić information content (AvgIpc) is 2.68. The van der Waals surface area contributed by atoms with E-state index in [-0.39, 0.29) is 12.3 Å². The van der Waals surface area contributed by atoms with Crippen LogP contribution in [0.2, 0.25) is 0 Å². The summed E-state index contributed by atoms with van der Waals surface area (Å²) in [4.78, 5) is 37.4. The number of morpholine rings is 1. The molecule has 1 atom stereocenters.